The second kappa shape index (κ2) is 4.75. The van der Waals surface area contributed by atoms with Crippen molar-refractivity contribution in [3.8, 4) is 11.1 Å². The third kappa shape index (κ3) is 2.16. The quantitative estimate of drug-likeness (QED) is 0.805. The van der Waals surface area contributed by atoms with Gasteiger partial charge in [-0.1, -0.05) is 41.9 Å². The smallest absolute Gasteiger partial charge is 0.0792 e. The first kappa shape index (κ1) is 11.8. The third-order valence-electron chi connectivity index (χ3n) is 3.60. The first-order valence-electron chi connectivity index (χ1n) is 6.31. The van der Waals surface area contributed by atoms with Crippen LogP contribution in [0.3, 0.4) is 0 Å². The lowest BCUT2D eigenvalue weighted by Crippen LogP contribution is -2.08. The van der Waals surface area contributed by atoms with Crippen LogP contribution in [0, 0.1) is 0 Å². The molecule has 1 atom stereocenters. The molecule has 0 saturated heterocycles. The Morgan fingerprint density at radius 2 is 1.72 bits per heavy atom. The lowest BCUT2D eigenvalue weighted by atomic mass is 9.87. The zero-order valence-corrected chi connectivity index (χ0v) is 10.8. The molecule has 1 nitrogen and oxygen atoms in total. The van der Waals surface area contributed by atoms with Gasteiger partial charge in [0.15, 0.2) is 0 Å². The van der Waals surface area contributed by atoms with Gasteiger partial charge in [-0.05, 0) is 53.6 Å². The van der Waals surface area contributed by atoms with Gasteiger partial charge >= 0.3 is 0 Å². The average Bonchev–Trinajstić information content (AvgIpc) is 2.39. The van der Waals surface area contributed by atoms with Crippen molar-refractivity contribution in [2.75, 3.05) is 0 Å². The largest absolute Gasteiger partial charge is 0.388 e. The van der Waals surface area contributed by atoms with Crippen molar-refractivity contribution >= 4 is 11.6 Å². The predicted molar refractivity (Wildman–Crippen MR) is 74.8 cm³/mol. The van der Waals surface area contributed by atoms with Crippen molar-refractivity contribution in [2.45, 2.75) is 25.4 Å². The standard InChI is InChI=1S/C16H15ClO/c17-14-7-4-11(5-8-14)12-6-9-15-13(10-12)2-1-3-16(15)18/h4-10,16,18H,1-3H2/t16-/m1/s1. The van der Waals surface area contributed by atoms with E-state index in [9.17, 15) is 5.11 Å². The van der Waals surface area contributed by atoms with Gasteiger partial charge in [0, 0.05) is 5.02 Å². The molecule has 0 saturated carbocycles. The maximum absolute atomic E-state index is 9.94. The highest BCUT2D eigenvalue weighted by molar-refractivity contribution is 6.30. The number of benzene rings is 2. The highest BCUT2D eigenvalue weighted by Gasteiger charge is 2.17. The van der Waals surface area contributed by atoms with E-state index >= 15 is 0 Å². The fraction of sp³-hybridized carbons (Fsp3) is 0.250. The number of aliphatic hydroxyl groups is 1. The van der Waals surface area contributed by atoms with Crippen molar-refractivity contribution in [3.05, 3.63) is 58.6 Å². The van der Waals surface area contributed by atoms with Gasteiger partial charge in [0.1, 0.15) is 0 Å². The van der Waals surface area contributed by atoms with E-state index in [1.54, 1.807) is 0 Å². The van der Waals surface area contributed by atoms with E-state index in [2.05, 4.69) is 18.2 Å². The number of fused-ring (bicyclic) bond motifs is 1. The fourth-order valence-electron chi connectivity index (χ4n) is 2.61. The number of aliphatic hydroxyl groups excluding tert-OH is 1. The maximum atomic E-state index is 9.94. The summed E-state index contributed by atoms with van der Waals surface area (Å²) >= 11 is 5.90. The van der Waals surface area contributed by atoms with E-state index in [4.69, 9.17) is 11.6 Å². The highest BCUT2D eigenvalue weighted by Crippen LogP contribution is 2.32. The van der Waals surface area contributed by atoms with Gasteiger partial charge in [-0.3, -0.25) is 0 Å². The molecule has 0 fully saturated rings. The van der Waals surface area contributed by atoms with Gasteiger partial charge in [-0.15, -0.1) is 0 Å². The minimum Gasteiger partial charge on any atom is -0.388 e. The Morgan fingerprint density at radius 3 is 2.50 bits per heavy atom. The number of hydrogen-bond acceptors (Lipinski definition) is 1. The van der Waals surface area contributed by atoms with Gasteiger partial charge in [0.2, 0.25) is 0 Å². The van der Waals surface area contributed by atoms with Crippen LogP contribution in [0.2, 0.25) is 5.02 Å². The summed E-state index contributed by atoms with van der Waals surface area (Å²) in [6.07, 6.45) is 2.73. The second-order valence-electron chi connectivity index (χ2n) is 4.83. The molecule has 0 aromatic heterocycles. The molecule has 1 N–H and O–H groups in total. The van der Waals surface area contributed by atoms with Gasteiger partial charge in [0.05, 0.1) is 6.10 Å². The average molecular weight is 259 g/mol. The molecule has 2 aromatic carbocycles. The molecule has 2 aromatic rings. The third-order valence-corrected chi connectivity index (χ3v) is 3.86. The van der Waals surface area contributed by atoms with Crippen molar-refractivity contribution in [1.29, 1.82) is 0 Å². The van der Waals surface area contributed by atoms with E-state index in [1.165, 1.54) is 16.7 Å². The molecule has 0 aliphatic heterocycles. The van der Waals surface area contributed by atoms with Crippen LogP contribution in [-0.2, 0) is 6.42 Å². The van der Waals surface area contributed by atoms with E-state index in [-0.39, 0.29) is 6.10 Å². The van der Waals surface area contributed by atoms with Crippen LogP contribution in [0.5, 0.6) is 0 Å². The van der Waals surface area contributed by atoms with Crippen LogP contribution < -0.4 is 0 Å². The number of halogens is 1. The minimum absolute atomic E-state index is 0.284. The summed E-state index contributed by atoms with van der Waals surface area (Å²) in [5.41, 5.74) is 4.74. The van der Waals surface area contributed by atoms with Gasteiger partial charge in [-0.25, -0.2) is 0 Å². The number of aryl methyl sites for hydroxylation is 1. The summed E-state index contributed by atoms with van der Waals surface area (Å²) in [6.45, 7) is 0. The lowest BCUT2D eigenvalue weighted by Gasteiger charge is -2.22. The van der Waals surface area contributed by atoms with E-state index < -0.39 is 0 Å². The molecule has 1 aliphatic carbocycles. The Kier molecular flexibility index (Phi) is 3.11. The van der Waals surface area contributed by atoms with Crippen molar-refractivity contribution in [1.82, 2.24) is 0 Å². The van der Waals surface area contributed by atoms with Crippen molar-refractivity contribution in [2.24, 2.45) is 0 Å². The van der Waals surface area contributed by atoms with Crippen molar-refractivity contribution in [3.63, 3.8) is 0 Å². The van der Waals surface area contributed by atoms with Gasteiger partial charge in [-0.2, -0.15) is 0 Å². The summed E-state index contributed by atoms with van der Waals surface area (Å²) in [4.78, 5) is 0. The molecule has 0 bridgehead atoms. The van der Waals surface area contributed by atoms with Gasteiger partial charge < -0.3 is 5.11 Å². The van der Waals surface area contributed by atoms with Gasteiger partial charge in [0.25, 0.3) is 0 Å². The Labute approximate surface area is 112 Å². The van der Waals surface area contributed by atoms with E-state index in [1.807, 2.05) is 24.3 Å². The van der Waals surface area contributed by atoms with Crippen LogP contribution in [0.1, 0.15) is 30.1 Å². The molecule has 2 heteroatoms. The molecule has 3 rings (SSSR count). The molecular formula is C16H15ClO. The first-order chi connectivity index (χ1) is 8.74. The molecule has 1 aliphatic rings. The molecule has 92 valence electrons. The number of hydrogen-bond donors (Lipinski definition) is 1. The topological polar surface area (TPSA) is 20.2 Å². The summed E-state index contributed by atoms with van der Waals surface area (Å²) in [5, 5.41) is 10.7. The predicted octanol–water partition coefficient (Wildman–Crippen LogP) is 4.38. The Balaban J connectivity index is 2.01. The highest BCUT2D eigenvalue weighted by atomic mass is 35.5. The van der Waals surface area contributed by atoms with Crippen LogP contribution >= 0.6 is 11.6 Å². The molecule has 0 radical (unpaired) electrons. The lowest BCUT2D eigenvalue weighted by molar-refractivity contribution is 0.156. The first-order valence-corrected chi connectivity index (χ1v) is 6.69. The SMILES string of the molecule is O[C@@H]1CCCc2cc(-c3ccc(Cl)cc3)ccc21. The molecule has 0 amide bonds. The van der Waals surface area contributed by atoms with Crippen LogP contribution in [0.25, 0.3) is 11.1 Å². The van der Waals surface area contributed by atoms with Crippen LogP contribution in [0.15, 0.2) is 42.5 Å². The molecule has 0 heterocycles. The monoisotopic (exact) mass is 258 g/mol. The van der Waals surface area contributed by atoms with Crippen LogP contribution in [0.4, 0.5) is 0 Å². The van der Waals surface area contributed by atoms with E-state index in [0.29, 0.717) is 0 Å². The Bertz CT molecular complexity index is 560. The normalized spacial score (nSPS) is 18.4. The zero-order chi connectivity index (χ0) is 12.5. The zero-order valence-electron chi connectivity index (χ0n) is 10.1. The van der Waals surface area contributed by atoms with E-state index in [0.717, 1.165) is 29.8 Å². The summed E-state index contributed by atoms with van der Waals surface area (Å²) < 4.78 is 0. The summed E-state index contributed by atoms with van der Waals surface area (Å²) in [5.74, 6) is 0. The molecule has 0 unspecified atom stereocenters. The molecular weight excluding hydrogens is 244 g/mol. The number of rotatable bonds is 1. The van der Waals surface area contributed by atoms with Crippen LogP contribution in [-0.4, -0.2) is 5.11 Å². The maximum Gasteiger partial charge on any atom is 0.0792 e. The Morgan fingerprint density at radius 1 is 1.00 bits per heavy atom. The second-order valence-corrected chi connectivity index (χ2v) is 5.26. The minimum atomic E-state index is -0.284. The molecule has 0 spiro atoms. The fourth-order valence-corrected chi connectivity index (χ4v) is 2.74. The summed E-state index contributed by atoms with van der Waals surface area (Å²) in [7, 11) is 0. The molecule has 18 heavy (non-hydrogen) atoms. The van der Waals surface area contributed by atoms with Crippen molar-refractivity contribution < 1.29 is 5.11 Å². The Hall–Kier alpha value is -1.31. The summed E-state index contributed by atoms with van der Waals surface area (Å²) in [6, 6.07) is 14.2.